The average Bonchev–Trinajstić information content (AvgIpc) is 2.92. The Hall–Kier alpha value is -2.10. The van der Waals surface area contributed by atoms with Crippen molar-refractivity contribution in [3.05, 3.63) is 71.9 Å². The fourth-order valence-electron chi connectivity index (χ4n) is 3.88. The number of hydrogen-bond acceptors (Lipinski definition) is 2. The molecular formula is C21H23NO2. The summed E-state index contributed by atoms with van der Waals surface area (Å²) in [4.78, 5) is 0. The number of para-hydroxylation sites is 1. The van der Waals surface area contributed by atoms with Crippen LogP contribution in [-0.2, 0) is 24.0 Å². The van der Waals surface area contributed by atoms with Crippen LogP contribution in [0, 0.1) is 5.92 Å². The molecule has 0 atom stereocenters. The zero-order valence-corrected chi connectivity index (χ0v) is 14.0. The number of benzene rings is 2. The number of aromatic nitrogens is 1. The molecule has 0 amide bonds. The van der Waals surface area contributed by atoms with Crippen LogP contribution in [0.1, 0.15) is 24.1 Å². The van der Waals surface area contributed by atoms with Gasteiger partial charge < -0.3 is 14.4 Å². The molecule has 124 valence electrons. The van der Waals surface area contributed by atoms with Crippen molar-refractivity contribution in [3.8, 4) is 0 Å². The Balaban J connectivity index is 1.37. The van der Waals surface area contributed by atoms with Crippen LogP contribution in [0.15, 0.2) is 60.7 Å². The number of nitrogens with zero attached hydrogens (tertiary/aromatic N) is 1. The van der Waals surface area contributed by atoms with E-state index in [9.17, 15) is 5.11 Å². The highest BCUT2D eigenvalue weighted by Gasteiger charge is 2.45. The number of aryl methyl sites for hydroxylation is 1. The zero-order valence-electron chi connectivity index (χ0n) is 14.0. The number of hydrogen-bond donors (Lipinski definition) is 1. The molecule has 1 N–H and O–H groups in total. The molecule has 2 aromatic carbocycles. The van der Waals surface area contributed by atoms with E-state index >= 15 is 0 Å². The summed E-state index contributed by atoms with van der Waals surface area (Å²) in [7, 11) is 2.04. The molecule has 0 bridgehead atoms. The van der Waals surface area contributed by atoms with Crippen molar-refractivity contribution in [2.24, 2.45) is 13.0 Å². The Kier molecular flexibility index (Phi) is 3.91. The number of ether oxygens (including phenoxy) is 1. The van der Waals surface area contributed by atoms with Gasteiger partial charge in [-0.2, -0.15) is 0 Å². The molecule has 0 aliphatic heterocycles. The van der Waals surface area contributed by atoms with Crippen LogP contribution in [0.4, 0.5) is 0 Å². The van der Waals surface area contributed by atoms with Crippen LogP contribution in [0.5, 0.6) is 0 Å². The second kappa shape index (κ2) is 6.08. The van der Waals surface area contributed by atoms with Gasteiger partial charge in [0, 0.05) is 12.6 Å². The van der Waals surface area contributed by atoms with Gasteiger partial charge in [-0.05, 0) is 41.8 Å². The Bertz CT molecular complexity index is 831. The molecule has 1 aliphatic rings. The zero-order chi connectivity index (χ0) is 16.6. The van der Waals surface area contributed by atoms with Crippen LogP contribution < -0.4 is 0 Å². The van der Waals surface area contributed by atoms with Crippen LogP contribution in [0.2, 0.25) is 0 Å². The Morgan fingerprint density at radius 3 is 2.54 bits per heavy atom. The lowest BCUT2D eigenvalue weighted by molar-refractivity contribution is -0.108. The predicted molar refractivity (Wildman–Crippen MR) is 95.6 cm³/mol. The lowest BCUT2D eigenvalue weighted by Gasteiger charge is -2.43. The molecule has 1 heterocycles. The summed E-state index contributed by atoms with van der Waals surface area (Å²) >= 11 is 0. The third kappa shape index (κ3) is 2.74. The van der Waals surface area contributed by atoms with Gasteiger partial charge in [0.25, 0.3) is 0 Å². The summed E-state index contributed by atoms with van der Waals surface area (Å²) in [6.45, 7) is 1.35. The smallest absolute Gasteiger partial charge is 0.105 e. The topological polar surface area (TPSA) is 34.4 Å². The summed E-state index contributed by atoms with van der Waals surface area (Å²) in [5.41, 5.74) is 2.67. The normalized spacial score (nSPS) is 23.3. The van der Waals surface area contributed by atoms with Crippen LogP contribution in [0.3, 0.4) is 0 Å². The van der Waals surface area contributed by atoms with Gasteiger partial charge in [-0.1, -0.05) is 48.5 Å². The van der Waals surface area contributed by atoms with Gasteiger partial charge in [-0.25, -0.2) is 0 Å². The second-order valence-electron chi connectivity index (χ2n) is 6.95. The second-order valence-corrected chi connectivity index (χ2v) is 6.95. The van der Waals surface area contributed by atoms with E-state index in [-0.39, 0.29) is 0 Å². The fraction of sp³-hybridized carbons (Fsp3) is 0.333. The maximum Gasteiger partial charge on any atom is 0.105 e. The molecule has 1 aliphatic carbocycles. The van der Waals surface area contributed by atoms with Gasteiger partial charge in [0.15, 0.2) is 0 Å². The minimum Gasteiger partial charge on any atom is -0.384 e. The molecule has 24 heavy (non-hydrogen) atoms. The summed E-state index contributed by atoms with van der Waals surface area (Å²) in [6.07, 6.45) is 1.54. The monoisotopic (exact) mass is 321 g/mol. The van der Waals surface area contributed by atoms with Crippen LogP contribution >= 0.6 is 0 Å². The summed E-state index contributed by atoms with van der Waals surface area (Å²) in [5.74, 6) is 0.428. The van der Waals surface area contributed by atoms with E-state index in [1.54, 1.807) is 0 Å². The fourth-order valence-corrected chi connectivity index (χ4v) is 3.88. The van der Waals surface area contributed by atoms with E-state index in [4.69, 9.17) is 4.74 Å². The summed E-state index contributed by atoms with van der Waals surface area (Å²) in [5, 5.41) is 12.2. The highest BCUT2D eigenvalue weighted by molar-refractivity contribution is 5.81. The van der Waals surface area contributed by atoms with Gasteiger partial charge in [0.1, 0.15) is 5.60 Å². The van der Waals surface area contributed by atoms with E-state index in [0.29, 0.717) is 19.1 Å². The first kappa shape index (κ1) is 15.4. The summed E-state index contributed by atoms with van der Waals surface area (Å²) < 4.78 is 7.95. The first-order valence-electron chi connectivity index (χ1n) is 8.55. The number of aliphatic hydroxyl groups is 1. The van der Waals surface area contributed by atoms with Crippen molar-refractivity contribution >= 4 is 10.9 Å². The highest BCUT2D eigenvalue weighted by atomic mass is 16.5. The number of rotatable bonds is 5. The Labute approximate surface area is 142 Å². The largest absolute Gasteiger partial charge is 0.384 e. The lowest BCUT2D eigenvalue weighted by Crippen LogP contribution is -2.44. The van der Waals surface area contributed by atoms with Crippen molar-refractivity contribution in [1.29, 1.82) is 0 Å². The van der Waals surface area contributed by atoms with Gasteiger partial charge >= 0.3 is 0 Å². The van der Waals surface area contributed by atoms with Crippen molar-refractivity contribution in [2.75, 3.05) is 6.61 Å². The maximum atomic E-state index is 11.0. The predicted octanol–water partition coefficient (Wildman–Crippen LogP) is 3.99. The molecule has 3 nitrogen and oxygen atoms in total. The van der Waals surface area contributed by atoms with Gasteiger partial charge in [-0.15, -0.1) is 0 Å². The molecule has 4 rings (SSSR count). The molecule has 3 heteroatoms. The van der Waals surface area contributed by atoms with E-state index in [1.165, 1.54) is 16.5 Å². The van der Waals surface area contributed by atoms with Gasteiger partial charge in [0.2, 0.25) is 0 Å². The summed E-state index contributed by atoms with van der Waals surface area (Å²) in [6, 6.07) is 20.6. The maximum absolute atomic E-state index is 11.0. The lowest BCUT2D eigenvalue weighted by atomic mass is 9.69. The first-order valence-corrected chi connectivity index (χ1v) is 8.55. The van der Waals surface area contributed by atoms with E-state index in [1.807, 2.05) is 37.4 Å². The molecule has 3 aromatic rings. The average molecular weight is 321 g/mol. The van der Waals surface area contributed by atoms with Crippen LogP contribution in [-0.4, -0.2) is 16.3 Å². The quantitative estimate of drug-likeness (QED) is 0.771. The van der Waals surface area contributed by atoms with E-state index in [2.05, 4.69) is 34.9 Å². The van der Waals surface area contributed by atoms with Gasteiger partial charge in [-0.3, -0.25) is 0 Å². The van der Waals surface area contributed by atoms with Crippen molar-refractivity contribution in [1.82, 2.24) is 4.57 Å². The number of fused-ring (bicyclic) bond motifs is 1. The standard InChI is InChI=1S/C21H23NO2/c1-22-19-10-6-5-9-18(19)11-20(22)21(23)12-17(13-21)15-24-14-16-7-3-2-4-8-16/h2-11,17,23H,12-15H2,1H3. The minimum atomic E-state index is -0.714. The minimum absolute atomic E-state index is 0.428. The van der Waals surface area contributed by atoms with Crippen molar-refractivity contribution in [3.63, 3.8) is 0 Å². The molecule has 1 saturated carbocycles. The van der Waals surface area contributed by atoms with Crippen molar-refractivity contribution in [2.45, 2.75) is 25.0 Å². The van der Waals surface area contributed by atoms with Crippen molar-refractivity contribution < 1.29 is 9.84 Å². The Morgan fingerprint density at radius 2 is 1.79 bits per heavy atom. The van der Waals surface area contributed by atoms with Gasteiger partial charge in [0.05, 0.1) is 18.9 Å². The molecule has 0 saturated heterocycles. The molecule has 1 fully saturated rings. The van der Waals surface area contributed by atoms with E-state index < -0.39 is 5.60 Å². The molecule has 0 spiro atoms. The highest BCUT2D eigenvalue weighted by Crippen LogP contribution is 2.46. The van der Waals surface area contributed by atoms with Crippen LogP contribution in [0.25, 0.3) is 10.9 Å². The SMILES string of the molecule is Cn1c(C2(O)CC(COCc3ccccc3)C2)cc2ccccc21. The molecular weight excluding hydrogens is 298 g/mol. The third-order valence-electron chi connectivity index (χ3n) is 5.15. The Morgan fingerprint density at radius 1 is 1.08 bits per heavy atom. The molecule has 0 unspecified atom stereocenters. The van der Waals surface area contributed by atoms with E-state index in [0.717, 1.165) is 18.5 Å². The third-order valence-corrected chi connectivity index (χ3v) is 5.15. The first-order chi connectivity index (χ1) is 11.7. The molecule has 0 radical (unpaired) electrons. The molecule has 1 aromatic heterocycles.